The van der Waals surface area contributed by atoms with Gasteiger partial charge in [0.05, 0.1) is 0 Å². The molecule has 2 aromatic heterocycles. The van der Waals surface area contributed by atoms with Gasteiger partial charge in [0.1, 0.15) is 5.69 Å². The van der Waals surface area contributed by atoms with Gasteiger partial charge in [0.25, 0.3) is 5.89 Å². The third kappa shape index (κ3) is 2.69. The molecular weight excluding hydrogens is 321 g/mol. The second-order valence-electron chi connectivity index (χ2n) is 4.47. The topological polar surface area (TPSA) is 56.7 Å². The van der Waals surface area contributed by atoms with E-state index in [0.717, 1.165) is 10.7 Å². The van der Waals surface area contributed by atoms with E-state index in [1.807, 2.05) is 0 Å². The molecule has 0 amide bonds. The van der Waals surface area contributed by atoms with E-state index in [-0.39, 0.29) is 17.4 Å². The summed E-state index contributed by atoms with van der Waals surface area (Å²) in [6, 6.07) is 7.53. The SMILES string of the molecule is Cn1nc(C(F)(F)F)cc1-c1nc(-c2ccc(Cl)cc2)no1. The molecule has 0 bridgehead atoms. The number of hydrogen-bond acceptors (Lipinski definition) is 4. The Hall–Kier alpha value is -2.35. The molecule has 2 heterocycles. The molecule has 3 aromatic rings. The van der Waals surface area contributed by atoms with Crippen LogP contribution in [0, 0.1) is 0 Å². The van der Waals surface area contributed by atoms with Gasteiger partial charge in [-0.25, -0.2) is 0 Å². The van der Waals surface area contributed by atoms with Crippen LogP contribution in [0.4, 0.5) is 13.2 Å². The highest BCUT2D eigenvalue weighted by atomic mass is 35.5. The maximum atomic E-state index is 12.6. The van der Waals surface area contributed by atoms with E-state index in [1.165, 1.54) is 7.05 Å². The molecule has 0 radical (unpaired) electrons. The van der Waals surface area contributed by atoms with E-state index in [1.54, 1.807) is 24.3 Å². The molecule has 0 N–H and O–H groups in total. The number of nitrogens with zero attached hydrogens (tertiary/aromatic N) is 4. The van der Waals surface area contributed by atoms with Gasteiger partial charge in [0.15, 0.2) is 5.69 Å². The first-order valence-corrected chi connectivity index (χ1v) is 6.43. The van der Waals surface area contributed by atoms with E-state index in [2.05, 4.69) is 15.2 Å². The van der Waals surface area contributed by atoms with Crippen LogP contribution in [0.1, 0.15) is 5.69 Å². The van der Waals surface area contributed by atoms with Crippen LogP contribution < -0.4 is 0 Å². The number of alkyl halides is 3. The fraction of sp³-hybridized carbons (Fsp3) is 0.154. The van der Waals surface area contributed by atoms with Gasteiger partial charge in [-0.15, -0.1) is 0 Å². The molecule has 22 heavy (non-hydrogen) atoms. The summed E-state index contributed by atoms with van der Waals surface area (Å²) in [5, 5.41) is 7.70. The lowest BCUT2D eigenvalue weighted by Crippen LogP contribution is -2.06. The van der Waals surface area contributed by atoms with Crippen molar-refractivity contribution < 1.29 is 17.7 Å². The molecule has 5 nitrogen and oxygen atoms in total. The zero-order valence-corrected chi connectivity index (χ0v) is 11.9. The van der Waals surface area contributed by atoms with Crippen LogP contribution >= 0.6 is 11.6 Å². The van der Waals surface area contributed by atoms with Crippen molar-refractivity contribution in [1.29, 1.82) is 0 Å². The molecule has 0 aliphatic carbocycles. The zero-order valence-electron chi connectivity index (χ0n) is 11.1. The third-order valence-corrected chi connectivity index (χ3v) is 3.17. The highest BCUT2D eigenvalue weighted by molar-refractivity contribution is 6.30. The fourth-order valence-corrected chi connectivity index (χ4v) is 1.98. The van der Waals surface area contributed by atoms with Crippen LogP contribution in [-0.2, 0) is 13.2 Å². The molecule has 0 aliphatic rings. The van der Waals surface area contributed by atoms with Crippen molar-refractivity contribution in [3.8, 4) is 23.0 Å². The predicted octanol–water partition coefficient (Wildman–Crippen LogP) is 3.81. The maximum absolute atomic E-state index is 12.6. The predicted molar refractivity (Wildman–Crippen MR) is 71.9 cm³/mol. The second kappa shape index (κ2) is 5.13. The lowest BCUT2D eigenvalue weighted by atomic mass is 10.2. The summed E-state index contributed by atoms with van der Waals surface area (Å²) in [6.07, 6.45) is -4.53. The summed E-state index contributed by atoms with van der Waals surface area (Å²) in [7, 11) is 1.37. The Kier molecular flexibility index (Phi) is 3.40. The number of aromatic nitrogens is 4. The van der Waals surface area contributed by atoms with Gasteiger partial charge in [-0.2, -0.15) is 23.3 Å². The highest BCUT2D eigenvalue weighted by Crippen LogP contribution is 2.31. The Morgan fingerprint density at radius 3 is 2.45 bits per heavy atom. The Bertz CT molecular complexity index is 808. The number of benzene rings is 1. The molecule has 1 aromatic carbocycles. The number of rotatable bonds is 2. The molecule has 114 valence electrons. The van der Waals surface area contributed by atoms with Crippen molar-refractivity contribution in [3.05, 3.63) is 41.0 Å². The second-order valence-corrected chi connectivity index (χ2v) is 4.90. The Balaban J connectivity index is 1.97. The van der Waals surface area contributed by atoms with Crippen LogP contribution in [0.2, 0.25) is 5.02 Å². The van der Waals surface area contributed by atoms with Gasteiger partial charge >= 0.3 is 6.18 Å². The van der Waals surface area contributed by atoms with Gasteiger partial charge in [-0.3, -0.25) is 4.68 Å². The summed E-state index contributed by atoms with van der Waals surface area (Å²) in [4.78, 5) is 4.09. The van der Waals surface area contributed by atoms with E-state index < -0.39 is 11.9 Å². The van der Waals surface area contributed by atoms with E-state index >= 15 is 0 Å². The van der Waals surface area contributed by atoms with Crippen molar-refractivity contribution in [2.75, 3.05) is 0 Å². The number of halogens is 4. The van der Waals surface area contributed by atoms with Gasteiger partial charge in [-0.1, -0.05) is 16.8 Å². The molecule has 0 unspecified atom stereocenters. The first kappa shape index (κ1) is 14.6. The fourth-order valence-electron chi connectivity index (χ4n) is 1.85. The van der Waals surface area contributed by atoms with Crippen molar-refractivity contribution in [3.63, 3.8) is 0 Å². The maximum Gasteiger partial charge on any atom is 0.435 e. The molecule has 0 spiro atoms. The molecular formula is C13H8ClF3N4O. The number of aryl methyl sites for hydroxylation is 1. The standard InChI is InChI=1S/C13H8ClF3N4O/c1-21-9(6-10(19-21)13(15,16)17)12-18-11(20-22-12)7-2-4-8(14)5-3-7/h2-6H,1H3. The number of hydrogen-bond donors (Lipinski definition) is 0. The Labute approximate surface area is 127 Å². The first-order valence-electron chi connectivity index (χ1n) is 6.06. The van der Waals surface area contributed by atoms with E-state index in [4.69, 9.17) is 16.1 Å². The molecule has 0 saturated heterocycles. The average Bonchev–Trinajstić information content (AvgIpc) is 3.05. The van der Waals surface area contributed by atoms with Crippen molar-refractivity contribution in [1.82, 2.24) is 19.9 Å². The van der Waals surface area contributed by atoms with E-state index in [9.17, 15) is 13.2 Å². The zero-order chi connectivity index (χ0) is 15.9. The summed E-state index contributed by atoms with van der Waals surface area (Å²) in [5.74, 6) is 0.205. The van der Waals surface area contributed by atoms with Crippen LogP contribution in [0.3, 0.4) is 0 Å². The summed E-state index contributed by atoms with van der Waals surface area (Å²) in [5.41, 5.74) is -0.297. The van der Waals surface area contributed by atoms with Gasteiger partial charge in [0.2, 0.25) is 5.82 Å². The van der Waals surface area contributed by atoms with Gasteiger partial charge in [0, 0.05) is 23.7 Å². The minimum Gasteiger partial charge on any atom is -0.332 e. The monoisotopic (exact) mass is 328 g/mol. The normalized spacial score (nSPS) is 11.9. The Morgan fingerprint density at radius 2 is 1.86 bits per heavy atom. The Morgan fingerprint density at radius 1 is 1.18 bits per heavy atom. The largest absolute Gasteiger partial charge is 0.435 e. The van der Waals surface area contributed by atoms with Crippen molar-refractivity contribution in [2.45, 2.75) is 6.18 Å². The van der Waals surface area contributed by atoms with Gasteiger partial charge < -0.3 is 4.52 Å². The van der Waals surface area contributed by atoms with Crippen LogP contribution in [-0.4, -0.2) is 19.9 Å². The van der Waals surface area contributed by atoms with Gasteiger partial charge in [-0.05, 0) is 24.3 Å². The molecule has 9 heteroatoms. The minimum absolute atomic E-state index is 0.0459. The first-order chi connectivity index (χ1) is 10.3. The molecule has 0 aliphatic heterocycles. The van der Waals surface area contributed by atoms with Crippen LogP contribution in [0.5, 0.6) is 0 Å². The smallest absolute Gasteiger partial charge is 0.332 e. The summed E-state index contributed by atoms with van der Waals surface area (Å²) in [6.45, 7) is 0. The average molecular weight is 329 g/mol. The molecule has 3 rings (SSSR count). The lowest BCUT2D eigenvalue weighted by molar-refractivity contribution is -0.141. The highest BCUT2D eigenvalue weighted by Gasteiger charge is 2.35. The van der Waals surface area contributed by atoms with Crippen LogP contribution in [0.15, 0.2) is 34.9 Å². The quantitative estimate of drug-likeness (QED) is 0.718. The lowest BCUT2D eigenvalue weighted by Gasteiger charge is -1.98. The van der Waals surface area contributed by atoms with Crippen molar-refractivity contribution in [2.24, 2.45) is 7.05 Å². The summed E-state index contributed by atoms with van der Waals surface area (Å²) < 4.78 is 44.0. The van der Waals surface area contributed by atoms with Crippen molar-refractivity contribution >= 4 is 11.6 Å². The van der Waals surface area contributed by atoms with E-state index in [0.29, 0.717) is 10.6 Å². The third-order valence-electron chi connectivity index (χ3n) is 2.92. The molecule has 0 fully saturated rings. The molecule has 0 saturated carbocycles. The molecule has 0 atom stereocenters. The minimum atomic E-state index is -4.53. The van der Waals surface area contributed by atoms with Crippen LogP contribution in [0.25, 0.3) is 23.0 Å². The summed E-state index contributed by atoms with van der Waals surface area (Å²) >= 11 is 5.78.